The van der Waals surface area contributed by atoms with E-state index >= 15 is 0 Å². The summed E-state index contributed by atoms with van der Waals surface area (Å²) in [5.74, 6) is -0.789. The van der Waals surface area contributed by atoms with Crippen molar-refractivity contribution in [2.24, 2.45) is 0 Å². The maximum Gasteiger partial charge on any atom is 0.335 e. The van der Waals surface area contributed by atoms with Crippen LogP contribution in [0, 0.1) is 13.8 Å². The van der Waals surface area contributed by atoms with E-state index in [2.05, 4.69) is 43.4 Å². The van der Waals surface area contributed by atoms with Crippen LogP contribution in [0.3, 0.4) is 0 Å². The summed E-state index contributed by atoms with van der Waals surface area (Å²) in [6.07, 6.45) is 0. The van der Waals surface area contributed by atoms with Crippen LogP contribution in [0.1, 0.15) is 40.9 Å². The highest BCUT2D eigenvalue weighted by Crippen LogP contribution is 2.20. The number of benzene rings is 3. The number of carboxylic acid groups (broad SMARTS) is 1. The predicted molar refractivity (Wildman–Crippen MR) is 134 cm³/mol. The maximum atomic E-state index is 12.7. The number of nitrogens with zero attached hydrogens (tertiary/aromatic N) is 1. The second-order valence-electron chi connectivity index (χ2n) is 8.26. The fourth-order valence-corrected chi connectivity index (χ4v) is 3.77. The number of anilines is 1. The van der Waals surface area contributed by atoms with Crippen molar-refractivity contribution in [3.63, 3.8) is 0 Å². The molecule has 0 spiro atoms. The zero-order valence-corrected chi connectivity index (χ0v) is 20.0. The molecule has 0 fully saturated rings. The Labute approximate surface area is 197 Å². The summed E-state index contributed by atoms with van der Waals surface area (Å²) in [7, 11) is 0. The van der Waals surface area contributed by atoms with E-state index in [4.69, 9.17) is 5.11 Å². The molecule has 0 saturated heterocycles. The van der Waals surface area contributed by atoms with E-state index < -0.39 is 5.97 Å². The SMILES string of the molecule is CC[N+](CC)(CC(=O)Nc1c(C)cccc1C)Cc1ccccc1.O=C(O)c1ccccc1. The first-order chi connectivity index (χ1) is 15.8. The summed E-state index contributed by atoms with van der Waals surface area (Å²) in [6.45, 7) is 11.7. The molecule has 0 aliphatic rings. The minimum Gasteiger partial charge on any atom is -0.478 e. The van der Waals surface area contributed by atoms with E-state index in [1.165, 1.54) is 5.56 Å². The highest BCUT2D eigenvalue weighted by molar-refractivity contribution is 5.93. The first-order valence-electron chi connectivity index (χ1n) is 11.3. The third-order valence-electron chi connectivity index (χ3n) is 5.95. The number of nitrogens with one attached hydrogen (secondary N) is 1. The summed E-state index contributed by atoms with van der Waals surface area (Å²) in [5.41, 5.74) is 4.78. The van der Waals surface area contributed by atoms with Gasteiger partial charge in [0.2, 0.25) is 0 Å². The number of rotatable bonds is 8. The number of hydrogen-bond donors (Lipinski definition) is 2. The van der Waals surface area contributed by atoms with Crippen LogP contribution in [0.2, 0.25) is 0 Å². The molecule has 33 heavy (non-hydrogen) atoms. The largest absolute Gasteiger partial charge is 0.478 e. The van der Waals surface area contributed by atoms with Gasteiger partial charge in [0, 0.05) is 11.3 Å². The molecule has 2 N–H and O–H groups in total. The van der Waals surface area contributed by atoms with Crippen molar-refractivity contribution in [3.8, 4) is 0 Å². The Morgan fingerprint density at radius 2 is 1.30 bits per heavy atom. The average molecular weight is 448 g/mol. The van der Waals surface area contributed by atoms with Gasteiger partial charge in [-0.05, 0) is 51.0 Å². The molecule has 3 aromatic carbocycles. The number of aryl methyl sites for hydroxylation is 2. The maximum absolute atomic E-state index is 12.7. The number of carbonyl (C=O) groups is 2. The number of carbonyl (C=O) groups excluding carboxylic acids is 1. The molecule has 1 amide bonds. The normalized spacial score (nSPS) is 10.7. The van der Waals surface area contributed by atoms with Crippen LogP contribution in [0.4, 0.5) is 5.69 Å². The molecule has 3 aromatic rings. The van der Waals surface area contributed by atoms with Gasteiger partial charge in [-0.1, -0.05) is 66.7 Å². The van der Waals surface area contributed by atoms with E-state index in [0.29, 0.717) is 12.1 Å². The fraction of sp³-hybridized carbons (Fsp3) is 0.286. The molecule has 5 nitrogen and oxygen atoms in total. The minimum atomic E-state index is -0.879. The van der Waals surface area contributed by atoms with E-state index in [1.807, 2.05) is 38.1 Å². The second-order valence-corrected chi connectivity index (χ2v) is 8.26. The van der Waals surface area contributed by atoms with Crippen LogP contribution >= 0.6 is 0 Å². The highest BCUT2D eigenvalue weighted by Gasteiger charge is 2.27. The molecule has 0 heterocycles. The number of amides is 1. The highest BCUT2D eigenvalue weighted by atomic mass is 16.4. The molecule has 0 bridgehead atoms. The monoisotopic (exact) mass is 447 g/mol. The lowest BCUT2D eigenvalue weighted by Crippen LogP contribution is -2.51. The molecular formula is C28H35N2O3+. The quantitative estimate of drug-likeness (QED) is 0.436. The minimum absolute atomic E-state index is 0.0898. The van der Waals surface area contributed by atoms with Crippen LogP contribution in [0.25, 0.3) is 0 Å². The number of para-hydroxylation sites is 1. The average Bonchev–Trinajstić information content (AvgIpc) is 2.82. The third kappa shape index (κ3) is 7.88. The molecule has 0 unspecified atom stereocenters. The Kier molecular flexibility index (Phi) is 9.83. The van der Waals surface area contributed by atoms with Gasteiger partial charge in [0.05, 0.1) is 18.7 Å². The molecule has 0 saturated carbocycles. The van der Waals surface area contributed by atoms with Crippen LogP contribution in [0.5, 0.6) is 0 Å². The Balaban J connectivity index is 0.000000357. The third-order valence-corrected chi connectivity index (χ3v) is 5.95. The van der Waals surface area contributed by atoms with E-state index in [-0.39, 0.29) is 5.91 Å². The van der Waals surface area contributed by atoms with Gasteiger partial charge in [-0.2, -0.15) is 0 Å². The summed E-state index contributed by atoms with van der Waals surface area (Å²) in [4.78, 5) is 22.9. The topological polar surface area (TPSA) is 66.4 Å². The van der Waals surface area contributed by atoms with E-state index in [9.17, 15) is 9.59 Å². The summed E-state index contributed by atoms with van der Waals surface area (Å²) >= 11 is 0. The molecule has 5 heteroatoms. The van der Waals surface area contributed by atoms with Gasteiger partial charge in [0.25, 0.3) is 5.91 Å². The van der Waals surface area contributed by atoms with Crippen LogP contribution in [-0.2, 0) is 11.3 Å². The van der Waals surface area contributed by atoms with Crippen molar-refractivity contribution >= 4 is 17.6 Å². The number of likely N-dealkylation sites (N-methyl/N-ethyl adjacent to an activating group) is 1. The number of quaternary nitrogens is 1. The lowest BCUT2D eigenvalue weighted by molar-refractivity contribution is -0.930. The van der Waals surface area contributed by atoms with Gasteiger partial charge in [0.15, 0.2) is 6.54 Å². The summed E-state index contributed by atoms with van der Waals surface area (Å²) in [6, 6.07) is 24.8. The molecule has 0 radical (unpaired) electrons. The summed E-state index contributed by atoms with van der Waals surface area (Å²) < 4.78 is 0.765. The first kappa shape index (κ1) is 25.8. The molecule has 0 aromatic heterocycles. The molecular weight excluding hydrogens is 412 g/mol. The molecule has 0 atom stereocenters. The number of carboxylic acids is 1. The van der Waals surface area contributed by atoms with Crippen LogP contribution in [-0.4, -0.2) is 41.1 Å². The van der Waals surface area contributed by atoms with Crippen molar-refractivity contribution < 1.29 is 19.2 Å². The van der Waals surface area contributed by atoms with Gasteiger partial charge >= 0.3 is 5.97 Å². The first-order valence-corrected chi connectivity index (χ1v) is 11.3. The fourth-order valence-electron chi connectivity index (χ4n) is 3.77. The lowest BCUT2D eigenvalue weighted by atomic mass is 10.1. The van der Waals surface area contributed by atoms with Crippen molar-refractivity contribution in [1.29, 1.82) is 0 Å². The zero-order valence-electron chi connectivity index (χ0n) is 20.0. The molecule has 174 valence electrons. The molecule has 0 aliphatic heterocycles. The van der Waals surface area contributed by atoms with Crippen molar-refractivity contribution in [2.75, 3.05) is 25.0 Å². The second kappa shape index (κ2) is 12.6. The Morgan fingerprint density at radius 1 is 0.788 bits per heavy atom. The smallest absolute Gasteiger partial charge is 0.335 e. The van der Waals surface area contributed by atoms with Crippen LogP contribution in [0.15, 0.2) is 78.9 Å². The van der Waals surface area contributed by atoms with Gasteiger partial charge in [0.1, 0.15) is 6.54 Å². The molecule has 3 rings (SSSR count). The lowest BCUT2D eigenvalue weighted by Gasteiger charge is -2.36. The van der Waals surface area contributed by atoms with Gasteiger partial charge < -0.3 is 14.9 Å². The van der Waals surface area contributed by atoms with Gasteiger partial charge in [-0.25, -0.2) is 4.79 Å². The van der Waals surface area contributed by atoms with E-state index in [1.54, 1.807) is 30.3 Å². The Hall–Kier alpha value is -3.44. The van der Waals surface area contributed by atoms with Crippen molar-refractivity contribution in [2.45, 2.75) is 34.2 Å². The van der Waals surface area contributed by atoms with Crippen molar-refractivity contribution in [1.82, 2.24) is 0 Å². The van der Waals surface area contributed by atoms with Crippen LogP contribution < -0.4 is 5.32 Å². The zero-order chi connectivity index (χ0) is 24.3. The number of hydrogen-bond acceptors (Lipinski definition) is 2. The predicted octanol–water partition coefficient (Wildman–Crippen LogP) is 5.68. The van der Waals surface area contributed by atoms with Gasteiger partial charge in [-0.15, -0.1) is 0 Å². The van der Waals surface area contributed by atoms with Gasteiger partial charge in [-0.3, -0.25) is 4.79 Å². The number of aromatic carboxylic acids is 1. The Bertz CT molecular complexity index is 1010. The molecule has 0 aliphatic carbocycles. The van der Waals surface area contributed by atoms with E-state index in [0.717, 1.165) is 40.9 Å². The standard InChI is InChI=1S/C21H28N2O.C7H6O2/c1-5-23(6-2,15-19-13-8-7-9-14-19)16-20(24)22-21-17(3)11-10-12-18(21)4;8-7(9)6-4-2-1-3-5-6/h7-14H,5-6,15-16H2,1-4H3;1-5H,(H,8,9)/p+1. The van der Waals surface area contributed by atoms with Crippen molar-refractivity contribution in [3.05, 3.63) is 101 Å². The summed E-state index contributed by atoms with van der Waals surface area (Å²) in [5, 5.41) is 11.5. The Morgan fingerprint density at radius 3 is 1.76 bits per heavy atom.